The van der Waals surface area contributed by atoms with Gasteiger partial charge in [0, 0.05) is 60.9 Å². The molecule has 2 aromatic carbocycles. The van der Waals surface area contributed by atoms with Crippen molar-refractivity contribution in [3.8, 4) is 23.2 Å². The topological polar surface area (TPSA) is 112 Å². The van der Waals surface area contributed by atoms with E-state index in [-0.39, 0.29) is 66.3 Å². The van der Waals surface area contributed by atoms with Gasteiger partial charge in [-0.3, -0.25) is 9.69 Å². The zero-order valence-corrected chi connectivity index (χ0v) is 31.1. The summed E-state index contributed by atoms with van der Waals surface area (Å²) in [6.45, 7) is 3.53. The summed E-state index contributed by atoms with van der Waals surface area (Å²) in [6, 6.07) is 6.19. The number of anilines is 2. The molecule has 3 aliphatic carbocycles. The van der Waals surface area contributed by atoms with Crippen LogP contribution in [0.25, 0.3) is 32.1 Å². The summed E-state index contributed by atoms with van der Waals surface area (Å²) in [7, 11) is 0. The number of hydrogen-bond donors (Lipinski definition) is 1. The van der Waals surface area contributed by atoms with Crippen LogP contribution in [0.15, 0.2) is 18.2 Å². The molecule has 7 fully saturated rings. The van der Waals surface area contributed by atoms with Crippen LogP contribution in [0.2, 0.25) is 5.02 Å². The van der Waals surface area contributed by atoms with Crippen molar-refractivity contribution in [1.82, 2.24) is 19.8 Å². The monoisotopic (exact) mass is 779 g/mol. The number of halogens is 5. The summed E-state index contributed by atoms with van der Waals surface area (Å²) in [5, 5.41) is 10.6. The Morgan fingerprint density at radius 1 is 1.11 bits per heavy atom. The minimum absolute atomic E-state index is 0.0228. The standard InChI is InChI=1S/C39H38ClF4N7O2S/c40-25-10-23-30(29(43)28(25)22-4-5-26(42)31-27(22)24(12-45)32(46)54-31)47-35(53-20-39-7-3-9-51(39)13-21(41)11-39)48-33(23)49-8-2-1-6-36(17-49)18-50(19-36)34(52)37-14-38(44,15-37)16-37/h4-5,10,21H,1-3,6-9,11,13-20,46H2/t21-,37?,38?,39+/m1/s1. The number of carbonyl (C=O) groups excluding carboxylic acids is 1. The lowest BCUT2D eigenvalue weighted by atomic mass is 9.41. The van der Waals surface area contributed by atoms with Gasteiger partial charge >= 0.3 is 6.01 Å². The number of nitrogens with zero attached hydrogens (tertiary/aromatic N) is 6. The number of nitrogens with two attached hydrogens (primary N) is 1. The van der Waals surface area contributed by atoms with E-state index in [9.17, 15) is 18.8 Å². The van der Waals surface area contributed by atoms with Gasteiger partial charge in [0.15, 0.2) is 5.82 Å². The number of nitriles is 1. The number of amides is 1. The molecule has 2 aromatic heterocycles. The number of hydrogen-bond acceptors (Lipinski definition) is 9. The molecule has 4 saturated heterocycles. The Balaban J connectivity index is 1.05. The number of carbonyl (C=O) groups is 1. The Bertz CT molecular complexity index is 2310. The number of likely N-dealkylation sites (tertiary alicyclic amines) is 1. The van der Waals surface area contributed by atoms with Gasteiger partial charge in [-0.05, 0) is 69.2 Å². The van der Waals surface area contributed by atoms with Gasteiger partial charge in [0.1, 0.15) is 46.7 Å². The summed E-state index contributed by atoms with van der Waals surface area (Å²) in [5.41, 5.74) is 3.84. The van der Waals surface area contributed by atoms with Crippen LogP contribution >= 0.6 is 22.9 Å². The zero-order valence-electron chi connectivity index (χ0n) is 29.5. The lowest BCUT2D eigenvalue weighted by Crippen LogP contribution is -2.74. The molecule has 4 aromatic rings. The van der Waals surface area contributed by atoms with Gasteiger partial charge < -0.3 is 20.3 Å². The summed E-state index contributed by atoms with van der Waals surface area (Å²) in [6.07, 6.45) is 4.70. The van der Waals surface area contributed by atoms with Gasteiger partial charge in [0.25, 0.3) is 0 Å². The molecule has 7 aliphatic rings. The van der Waals surface area contributed by atoms with Crippen molar-refractivity contribution in [2.24, 2.45) is 10.8 Å². The van der Waals surface area contributed by atoms with E-state index >= 15 is 8.78 Å². The predicted octanol–water partition coefficient (Wildman–Crippen LogP) is 7.56. The van der Waals surface area contributed by atoms with Gasteiger partial charge in [0.2, 0.25) is 5.91 Å². The van der Waals surface area contributed by atoms with E-state index < -0.39 is 34.4 Å². The van der Waals surface area contributed by atoms with E-state index in [0.717, 1.165) is 50.0 Å². The number of fused-ring (bicyclic) bond motifs is 3. The predicted molar refractivity (Wildman–Crippen MR) is 198 cm³/mol. The van der Waals surface area contributed by atoms with E-state index in [0.29, 0.717) is 69.6 Å². The van der Waals surface area contributed by atoms with Crippen molar-refractivity contribution in [2.45, 2.75) is 75.2 Å². The highest BCUT2D eigenvalue weighted by Crippen LogP contribution is 2.70. The molecule has 0 unspecified atom stereocenters. The highest BCUT2D eigenvalue weighted by molar-refractivity contribution is 7.23. The molecule has 2 N–H and O–H groups in total. The Hall–Kier alpha value is -3.93. The second-order valence-corrected chi connectivity index (χ2v) is 18.4. The minimum atomic E-state index is -1.15. The fourth-order valence-electron chi connectivity index (χ4n) is 10.8. The highest BCUT2D eigenvalue weighted by Gasteiger charge is 2.74. The molecule has 1 spiro atoms. The lowest BCUT2D eigenvalue weighted by molar-refractivity contribution is -0.228. The Morgan fingerprint density at radius 3 is 2.67 bits per heavy atom. The van der Waals surface area contributed by atoms with Gasteiger partial charge in [0.05, 0.1) is 26.2 Å². The van der Waals surface area contributed by atoms with Crippen molar-refractivity contribution in [3.63, 3.8) is 0 Å². The first-order valence-electron chi connectivity index (χ1n) is 18.7. The van der Waals surface area contributed by atoms with Crippen LogP contribution in [0, 0.1) is 33.8 Å². The number of rotatable bonds is 6. The molecule has 1 amide bonds. The summed E-state index contributed by atoms with van der Waals surface area (Å²) in [5.74, 6) is -0.886. The molecule has 6 heterocycles. The fourth-order valence-corrected chi connectivity index (χ4v) is 12.0. The maximum atomic E-state index is 17.3. The molecular formula is C39H38ClF4N7O2S. The maximum absolute atomic E-state index is 17.3. The molecule has 282 valence electrons. The number of alkyl halides is 2. The average Bonchev–Trinajstić information content (AvgIpc) is 3.68. The molecule has 3 saturated carbocycles. The number of thiophene rings is 1. The molecule has 15 heteroatoms. The van der Waals surface area contributed by atoms with Crippen molar-refractivity contribution in [1.29, 1.82) is 5.26 Å². The lowest BCUT2D eigenvalue weighted by Gasteiger charge is -2.67. The second kappa shape index (κ2) is 11.8. The van der Waals surface area contributed by atoms with E-state index in [2.05, 4.69) is 14.8 Å². The summed E-state index contributed by atoms with van der Waals surface area (Å²) in [4.78, 5) is 29.1. The van der Waals surface area contributed by atoms with Gasteiger partial charge in [-0.2, -0.15) is 15.2 Å². The maximum Gasteiger partial charge on any atom is 0.319 e. The third-order valence-electron chi connectivity index (χ3n) is 13.2. The first-order chi connectivity index (χ1) is 25.8. The van der Waals surface area contributed by atoms with Crippen LogP contribution < -0.4 is 15.4 Å². The van der Waals surface area contributed by atoms with Crippen LogP contribution in [-0.2, 0) is 4.79 Å². The number of benzene rings is 2. The summed E-state index contributed by atoms with van der Waals surface area (Å²) < 4.78 is 67.7. The molecule has 4 aliphatic heterocycles. The van der Waals surface area contributed by atoms with Crippen molar-refractivity contribution >= 4 is 60.7 Å². The fraction of sp³-hybridized carbons (Fsp3) is 0.538. The molecule has 9 nitrogen and oxygen atoms in total. The third kappa shape index (κ3) is 4.99. The van der Waals surface area contributed by atoms with E-state index in [1.807, 2.05) is 11.0 Å². The van der Waals surface area contributed by atoms with Crippen LogP contribution in [0.4, 0.5) is 28.4 Å². The number of ether oxygens (including phenoxy) is 1. The largest absolute Gasteiger partial charge is 0.461 e. The van der Waals surface area contributed by atoms with Crippen LogP contribution in [0.3, 0.4) is 0 Å². The first-order valence-corrected chi connectivity index (χ1v) is 19.9. The smallest absolute Gasteiger partial charge is 0.319 e. The van der Waals surface area contributed by atoms with Gasteiger partial charge in [-0.25, -0.2) is 17.6 Å². The Morgan fingerprint density at radius 2 is 1.91 bits per heavy atom. The van der Waals surface area contributed by atoms with Gasteiger partial charge in [-0.15, -0.1) is 11.3 Å². The molecule has 0 radical (unpaired) electrons. The van der Waals surface area contributed by atoms with Crippen molar-refractivity contribution in [2.75, 3.05) is 56.5 Å². The van der Waals surface area contributed by atoms with Crippen LogP contribution in [0.5, 0.6) is 6.01 Å². The second-order valence-electron chi connectivity index (χ2n) is 16.9. The molecular weight excluding hydrogens is 742 g/mol. The normalized spacial score (nSPS) is 29.8. The van der Waals surface area contributed by atoms with E-state index in [4.69, 9.17) is 27.1 Å². The molecule has 2 bridgehead atoms. The Kier molecular flexibility index (Phi) is 7.54. The minimum Gasteiger partial charge on any atom is -0.461 e. The number of aromatic nitrogens is 2. The summed E-state index contributed by atoms with van der Waals surface area (Å²) >= 11 is 7.86. The average molecular weight is 780 g/mol. The zero-order chi connectivity index (χ0) is 37.4. The van der Waals surface area contributed by atoms with Gasteiger partial charge in [-0.1, -0.05) is 24.1 Å². The van der Waals surface area contributed by atoms with E-state index in [1.54, 1.807) is 6.07 Å². The quantitative estimate of drug-likeness (QED) is 0.200. The molecule has 54 heavy (non-hydrogen) atoms. The third-order valence-corrected chi connectivity index (χ3v) is 14.6. The molecule has 2 atom stereocenters. The van der Waals surface area contributed by atoms with Crippen molar-refractivity contribution in [3.05, 3.63) is 40.4 Å². The van der Waals surface area contributed by atoms with Crippen LogP contribution in [-0.4, -0.2) is 88.9 Å². The highest BCUT2D eigenvalue weighted by atomic mass is 35.5. The SMILES string of the molecule is N#Cc1c(N)sc2c(F)ccc(-c3c(Cl)cc4c(N5CCCCC6(CN(C(=O)C78CC(F)(C7)C8)C6)C5)nc(OC[C@@]56CCCN5C[C@H](F)C6)nc4c3F)c12. The van der Waals surface area contributed by atoms with Crippen molar-refractivity contribution < 1.29 is 27.1 Å². The first kappa shape index (κ1) is 34.6. The molecule has 11 rings (SSSR count). The number of nitrogen functional groups attached to an aromatic ring is 1. The van der Waals surface area contributed by atoms with Crippen LogP contribution in [0.1, 0.15) is 63.4 Å². The van der Waals surface area contributed by atoms with E-state index in [1.165, 1.54) is 12.1 Å². The Labute approximate surface area is 318 Å².